The Balaban J connectivity index is 1.91. The SMILES string of the molecule is CC(C)NC(=O)N1CCC[C@H]1C(=O)NCc1ccc(C(=O)O)cc1. The molecule has 7 heteroatoms. The van der Waals surface area contributed by atoms with Crippen LogP contribution in [0.4, 0.5) is 4.79 Å². The van der Waals surface area contributed by atoms with E-state index in [4.69, 9.17) is 5.11 Å². The van der Waals surface area contributed by atoms with Crippen LogP contribution in [0.2, 0.25) is 0 Å². The first-order chi connectivity index (χ1) is 11.4. The summed E-state index contributed by atoms with van der Waals surface area (Å²) in [6.07, 6.45) is 1.45. The molecule has 3 amide bonds. The molecular weight excluding hydrogens is 310 g/mol. The number of urea groups is 1. The van der Waals surface area contributed by atoms with Crippen LogP contribution in [0.1, 0.15) is 42.6 Å². The molecule has 3 N–H and O–H groups in total. The minimum Gasteiger partial charge on any atom is -0.478 e. The lowest BCUT2D eigenvalue weighted by atomic mass is 10.1. The van der Waals surface area contributed by atoms with Gasteiger partial charge in [0.25, 0.3) is 0 Å². The Kier molecular flexibility index (Phi) is 5.78. The van der Waals surface area contributed by atoms with Crippen LogP contribution in [0.3, 0.4) is 0 Å². The first-order valence-electron chi connectivity index (χ1n) is 8.05. The number of carboxylic acids is 1. The van der Waals surface area contributed by atoms with E-state index in [1.54, 1.807) is 17.0 Å². The van der Waals surface area contributed by atoms with Crippen LogP contribution < -0.4 is 10.6 Å². The van der Waals surface area contributed by atoms with E-state index >= 15 is 0 Å². The second-order valence-corrected chi connectivity index (χ2v) is 6.18. The van der Waals surface area contributed by atoms with Crippen molar-refractivity contribution >= 4 is 17.9 Å². The Morgan fingerprint density at radius 3 is 2.50 bits per heavy atom. The third-order valence-corrected chi connectivity index (χ3v) is 3.90. The van der Waals surface area contributed by atoms with Crippen LogP contribution in [0, 0.1) is 0 Å². The van der Waals surface area contributed by atoms with Gasteiger partial charge in [0.1, 0.15) is 6.04 Å². The summed E-state index contributed by atoms with van der Waals surface area (Å²) in [7, 11) is 0. The number of hydrogen-bond acceptors (Lipinski definition) is 3. The van der Waals surface area contributed by atoms with Crippen LogP contribution in [-0.2, 0) is 11.3 Å². The molecule has 1 aromatic carbocycles. The third-order valence-electron chi connectivity index (χ3n) is 3.90. The van der Waals surface area contributed by atoms with Gasteiger partial charge in [-0.2, -0.15) is 0 Å². The van der Waals surface area contributed by atoms with Gasteiger partial charge < -0.3 is 20.6 Å². The number of rotatable bonds is 5. The van der Waals surface area contributed by atoms with Crippen molar-refractivity contribution < 1.29 is 19.5 Å². The minimum atomic E-state index is -0.983. The molecule has 130 valence electrons. The Morgan fingerprint density at radius 2 is 1.92 bits per heavy atom. The molecule has 1 aromatic rings. The zero-order valence-electron chi connectivity index (χ0n) is 13.9. The molecule has 2 rings (SSSR count). The van der Waals surface area contributed by atoms with E-state index in [9.17, 15) is 14.4 Å². The second kappa shape index (κ2) is 7.81. The molecular formula is C17H23N3O4. The van der Waals surface area contributed by atoms with Gasteiger partial charge in [-0.05, 0) is 44.4 Å². The molecule has 0 unspecified atom stereocenters. The second-order valence-electron chi connectivity index (χ2n) is 6.18. The number of hydrogen-bond donors (Lipinski definition) is 3. The van der Waals surface area contributed by atoms with E-state index in [2.05, 4.69) is 10.6 Å². The normalized spacial score (nSPS) is 17.0. The van der Waals surface area contributed by atoms with Crippen LogP contribution in [0.25, 0.3) is 0 Å². The lowest BCUT2D eigenvalue weighted by molar-refractivity contribution is -0.124. The number of carbonyl (C=O) groups excluding carboxylic acids is 2. The van der Waals surface area contributed by atoms with Gasteiger partial charge in [0, 0.05) is 19.1 Å². The molecule has 0 aliphatic carbocycles. The highest BCUT2D eigenvalue weighted by Crippen LogP contribution is 2.17. The first-order valence-corrected chi connectivity index (χ1v) is 8.05. The number of benzene rings is 1. The number of carbonyl (C=O) groups is 3. The summed E-state index contributed by atoms with van der Waals surface area (Å²) in [5.74, 6) is -1.17. The van der Waals surface area contributed by atoms with Gasteiger partial charge in [-0.3, -0.25) is 4.79 Å². The van der Waals surface area contributed by atoms with Crippen molar-refractivity contribution in [1.82, 2.24) is 15.5 Å². The number of likely N-dealkylation sites (tertiary alicyclic amines) is 1. The van der Waals surface area contributed by atoms with Crippen molar-refractivity contribution in [3.63, 3.8) is 0 Å². The molecule has 7 nitrogen and oxygen atoms in total. The van der Waals surface area contributed by atoms with Gasteiger partial charge in [0.2, 0.25) is 5.91 Å². The highest BCUT2D eigenvalue weighted by Gasteiger charge is 2.34. The van der Waals surface area contributed by atoms with Crippen LogP contribution in [-0.4, -0.2) is 46.5 Å². The molecule has 1 saturated heterocycles. The highest BCUT2D eigenvalue weighted by molar-refractivity contribution is 5.88. The summed E-state index contributed by atoms with van der Waals surface area (Å²) in [5, 5.41) is 14.5. The molecule has 0 aromatic heterocycles. The van der Waals surface area contributed by atoms with Crippen molar-refractivity contribution in [2.75, 3.05) is 6.54 Å². The topological polar surface area (TPSA) is 98.7 Å². The van der Waals surface area contributed by atoms with Gasteiger partial charge in [0.05, 0.1) is 5.56 Å². The fraction of sp³-hybridized carbons (Fsp3) is 0.471. The molecule has 1 atom stereocenters. The lowest BCUT2D eigenvalue weighted by Crippen LogP contribution is -2.50. The van der Waals surface area contributed by atoms with Crippen molar-refractivity contribution in [1.29, 1.82) is 0 Å². The van der Waals surface area contributed by atoms with Gasteiger partial charge in [-0.1, -0.05) is 12.1 Å². The van der Waals surface area contributed by atoms with E-state index < -0.39 is 12.0 Å². The quantitative estimate of drug-likeness (QED) is 0.762. The van der Waals surface area contributed by atoms with Crippen molar-refractivity contribution in [3.05, 3.63) is 35.4 Å². The van der Waals surface area contributed by atoms with E-state index in [0.29, 0.717) is 19.5 Å². The molecule has 1 aliphatic rings. The van der Waals surface area contributed by atoms with Gasteiger partial charge in [-0.15, -0.1) is 0 Å². The monoisotopic (exact) mass is 333 g/mol. The standard InChI is InChI=1S/C17H23N3O4/c1-11(2)19-17(24)20-9-3-4-14(20)15(21)18-10-12-5-7-13(8-6-12)16(22)23/h5-8,11,14H,3-4,9-10H2,1-2H3,(H,18,21)(H,19,24)(H,22,23)/t14-/m0/s1. The zero-order chi connectivity index (χ0) is 17.7. The molecule has 1 heterocycles. The van der Waals surface area contributed by atoms with E-state index in [0.717, 1.165) is 12.0 Å². The minimum absolute atomic E-state index is 0.0227. The summed E-state index contributed by atoms with van der Waals surface area (Å²) < 4.78 is 0. The summed E-state index contributed by atoms with van der Waals surface area (Å²) >= 11 is 0. The number of amides is 3. The predicted molar refractivity (Wildman–Crippen MR) is 88.6 cm³/mol. The fourth-order valence-electron chi connectivity index (χ4n) is 2.68. The smallest absolute Gasteiger partial charge is 0.335 e. The Labute approximate surface area is 141 Å². The maximum absolute atomic E-state index is 12.4. The van der Waals surface area contributed by atoms with Crippen LogP contribution in [0.5, 0.6) is 0 Å². The molecule has 0 spiro atoms. The van der Waals surface area contributed by atoms with Crippen LogP contribution in [0.15, 0.2) is 24.3 Å². The Bertz CT molecular complexity index is 613. The zero-order valence-corrected chi connectivity index (χ0v) is 13.9. The highest BCUT2D eigenvalue weighted by atomic mass is 16.4. The predicted octanol–water partition coefficient (Wildman–Crippen LogP) is 1.58. The molecule has 0 saturated carbocycles. The molecule has 1 fully saturated rings. The number of nitrogens with zero attached hydrogens (tertiary/aromatic N) is 1. The number of carboxylic acid groups (broad SMARTS) is 1. The largest absolute Gasteiger partial charge is 0.478 e. The maximum atomic E-state index is 12.4. The molecule has 24 heavy (non-hydrogen) atoms. The molecule has 1 aliphatic heterocycles. The first kappa shape index (κ1) is 17.8. The number of aromatic carboxylic acids is 1. The third kappa shape index (κ3) is 4.47. The van der Waals surface area contributed by atoms with Crippen molar-refractivity contribution in [2.24, 2.45) is 0 Å². The summed E-state index contributed by atoms with van der Waals surface area (Å²) in [5.41, 5.74) is 1.02. The number of nitrogens with one attached hydrogen (secondary N) is 2. The Hall–Kier alpha value is -2.57. The fourth-order valence-corrected chi connectivity index (χ4v) is 2.68. The van der Waals surface area contributed by atoms with Gasteiger partial charge in [-0.25, -0.2) is 9.59 Å². The van der Waals surface area contributed by atoms with E-state index in [-0.39, 0.29) is 23.5 Å². The van der Waals surface area contributed by atoms with Crippen molar-refractivity contribution in [2.45, 2.75) is 45.3 Å². The average Bonchev–Trinajstić information content (AvgIpc) is 3.02. The lowest BCUT2D eigenvalue weighted by Gasteiger charge is -2.25. The Morgan fingerprint density at radius 1 is 1.25 bits per heavy atom. The summed E-state index contributed by atoms with van der Waals surface area (Å²) in [6, 6.07) is 5.69. The summed E-state index contributed by atoms with van der Waals surface area (Å²) in [4.78, 5) is 36.9. The van der Waals surface area contributed by atoms with Crippen LogP contribution >= 0.6 is 0 Å². The molecule has 0 radical (unpaired) electrons. The van der Waals surface area contributed by atoms with E-state index in [1.165, 1.54) is 12.1 Å². The molecule has 0 bridgehead atoms. The van der Waals surface area contributed by atoms with Gasteiger partial charge >= 0.3 is 12.0 Å². The average molecular weight is 333 g/mol. The van der Waals surface area contributed by atoms with Gasteiger partial charge in [0.15, 0.2) is 0 Å². The maximum Gasteiger partial charge on any atom is 0.335 e. The van der Waals surface area contributed by atoms with Crippen molar-refractivity contribution in [3.8, 4) is 0 Å². The summed E-state index contributed by atoms with van der Waals surface area (Å²) in [6.45, 7) is 4.63. The van der Waals surface area contributed by atoms with E-state index in [1.807, 2.05) is 13.8 Å².